The molecule has 0 unspecified atom stereocenters. The molecule has 1 aromatic heterocycles. The summed E-state index contributed by atoms with van der Waals surface area (Å²) in [6.45, 7) is 6.98. The molecule has 0 aliphatic carbocycles. The van der Waals surface area contributed by atoms with Crippen molar-refractivity contribution < 1.29 is 18.0 Å². The Kier molecular flexibility index (Phi) is 6.42. The fourth-order valence-electron chi connectivity index (χ4n) is 3.26. The van der Waals surface area contributed by atoms with Gasteiger partial charge >= 0.3 is 6.18 Å². The van der Waals surface area contributed by atoms with Crippen LogP contribution in [0.25, 0.3) is 0 Å². The summed E-state index contributed by atoms with van der Waals surface area (Å²) in [6, 6.07) is 10.3. The fourth-order valence-corrected chi connectivity index (χ4v) is 3.26. The normalized spacial score (nSPS) is 15.6. The number of amides is 1. The molecule has 2 heterocycles. The summed E-state index contributed by atoms with van der Waals surface area (Å²) in [5.41, 5.74) is 1.20. The molecule has 0 bridgehead atoms. The molecule has 8 heteroatoms. The van der Waals surface area contributed by atoms with Crippen LogP contribution in [0, 0.1) is 0 Å². The lowest BCUT2D eigenvalue weighted by Gasteiger charge is -2.35. The van der Waals surface area contributed by atoms with Crippen LogP contribution in [-0.4, -0.2) is 48.5 Å². The molecule has 1 fully saturated rings. The van der Waals surface area contributed by atoms with Crippen molar-refractivity contribution in [2.75, 3.05) is 42.9 Å². The van der Waals surface area contributed by atoms with Crippen molar-refractivity contribution in [2.24, 2.45) is 0 Å². The first-order valence-electron chi connectivity index (χ1n) is 9.63. The Labute approximate surface area is 168 Å². The summed E-state index contributed by atoms with van der Waals surface area (Å²) in [5.74, 6) is 0.832. The minimum absolute atomic E-state index is 0.0768. The van der Waals surface area contributed by atoms with E-state index >= 15 is 0 Å². The molecule has 0 atom stereocenters. The number of rotatable bonds is 5. The van der Waals surface area contributed by atoms with Gasteiger partial charge in [-0.05, 0) is 35.7 Å². The molecule has 29 heavy (non-hydrogen) atoms. The number of anilines is 2. The molecule has 0 spiro atoms. The maximum Gasteiger partial charge on any atom is 0.417 e. The van der Waals surface area contributed by atoms with E-state index in [0.717, 1.165) is 18.0 Å². The SMILES string of the molecule is CC(C)c1cccc(NC(=O)CN2CCN(c3ccc(C(F)(F)F)cn3)CC2)c1. The molecule has 1 amide bonds. The molecule has 1 N–H and O–H groups in total. The molecule has 3 rings (SSSR count). The number of hydrogen-bond donors (Lipinski definition) is 1. The van der Waals surface area contributed by atoms with E-state index in [1.165, 1.54) is 11.6 Å². The highest BCUT2D eigenvalue weighted by molar-refractivity contribution is 5.92. The van der Waals surface area contributed by atoms with Crippen LogP contribution in [-0.2, 0) is 11.0 Å². The van der Waals surface area contributed by atoms with E-state index in [1.807, 2.05) is 34.1 Å². The third-order valence-corrected chi connectivity index (χ3v) is 4.98. The molecular formula is C21H25F3N4O. The number of benzene rings is 1. The summed E-state index contributed by atoms with van der Waals surface area (Å²) in [7, 11) is 0. The van der Waals surface area contributed by atoms with Gasteiger partial charge in [-0.15, -0.1) is 0 Å². The average Bonchev–Trinajstić information content (AvgIpc) is 2.68. The van der Waals surface area contributed by atoms with Gasteiger partial charge in [-0.3, -0.25) is 9.69 Å². The van der Waals surface area contributed by atoms with Gasteiger partial charge in [0.1, 0.15) is 5.82 Å². The van der Waals surface area contributed by atoms with Crippen molar-refractivity contribution in [3.05, 3.63) is 53.7 Å². The van der Waals surface area contributed by atoms with Crippen molar-refractivity contribution in [1.29, 1.82) is 0 Å². The predicted octanol–water partition coefficient (Wildman–Crippen LogP) is 3.98. The standard InChI is InChI=1S/C21H25F3N4O/c1-15(2)16-4-3-5-18(12-16)26-20(29)14-27-8-10-28(11-9-27)19-7-6-17(13-25-19)21(22,23)24/h3-7,12-13,15H,8-11,14H2,1-2H3,(H,26,29). The van der Waals surface area contributed by atoms with Crippen LogP contribution < -0.4 is 10.2 Å². The van der Waals surface area contributed by atoms with Crippen molar-refractivity contribution in [1.82, 2.24) is 9.88 Å². The van der Waals surface area contributed by atoms with Gasteiger partial charge < -0.3 is 10.2 Å². The van der Waals surface area contributed by atoms with E-state index in [2.05, 4.69) is 24.1 Å². The van der Waals surface area contributed by atoms with Crippen molar-refractivity contribution in [3.8, 4) is 0 Å². The number of halogens is 3. The number of nitrogens with zero attached hydrogens (tertiary/aromatic N) is 3. The molecule has 1 aliphatic rings. The van der Waals surface area contributed by atoms with Crippen molar-refractivity contribution in [3.63, 3.8) is 0 Å². The molecular weight excluding hydrogens is 381 g/mol. The molecule has 2 aromatic rings. The van der Waals surface area contributed by atoms with Gasteiger partial charge in [0.05, 0.1) is 12.1 Å². The number of nitrogens with one attached hydrogen (secondary N) is 1. The number of piperazine rings is 1. The van der Waals surface area contributed by atoms with Crippen LogP contribution in [0.5, 0.6) is 0 Å². The molecule has 1 saturated heterocycles. The van der Waals surface area contributed by atoms with E-state index in [0.29, 0.717) is 37.9 Å². The third kappa shape index (κ3) is 5.69. The lowest BCUT2D eigenvalue weighted by atomic mass is 10.0. The largest absolute Gasteiger partial charge is 0.417 e. The van der Waals surface area contributed by atoms with Gasteiger partial charge in [0, 0.05) is 38.1 Å². The lowest BCUT2D eigenvalue weighted by Crippen LogP contribution is -2.48. The Balaban J connectivity index is 1.49. The lowest BCUT2D eigenvalue weighted by molar-refractivity contribution is -0.137. The van der Waals surface area contributed by atoms with E-state index in [-0.39, 0.29) is 12.5 Å². The fraction of sp³-hybridized carbons (Fsp3) is 0.429. The van der Waals surface area contributed by atoms with Crippen LogP contribution >= 0.6 is 0 Å². The van der Waals surface area contributed by atoms with E-state index in [4.69, 9.17) is 0 Å². The second-order valence-electron chi connectivity index (χ2n) is 7.49. The van der Waals surface area contributed by atoms with Crippen LogP contribution in [0.1, 0.15) is 30.9 Å². The maximum absolute atomic E-state index is 12.7. The minimum atomic E-state index is -4.38. The topological polar surface area (TPSA) is 48.5 Å². The smallest absolute Gasteiger partial charge is 0.354 e. The Bertz CT molecular complexity index is 829. The number of carbonyl (C=O) groups excluding carboxylic acids is 1. The van der Waals surface area contributed by atoms with Gasteiger partial charge in [-0.1, -0.05) is 26.0 Å². The van der Waals surface area contributed by atoms with Gasteiger partial charge in [0.25, 0.3) is 0 Å². The second-order valence-corrected chi connectivity index (χ2v) is 7.49. The summed E-state index contributed by atoms with van der Waals surface area (Å²) in [4.78, 5) is 20.3. The minimum Gasteiger partial charge on any atom is -0.354 e. The predicted molar refractivity (Wildman–Crippen MR) is 107 cm³/mol. The maximum atomic E-state index is 12.7. The van der Waals surface area contributed by atoms with Crippen LogP contribution in [0.4, 0.5) is 24.7 Å². The zero-order chi connectivity index (χ0) is 21.0. The highest BCUT2D eigenvalue weighted by atomic mass is 19.4. The summed E-state index contributed by atoms with van der Waals surface area (Å²) < 4.78 is 38.0. The average molecular weight is 406 g/mol. The van der Waals surface area contributed by atoms with E-state index in [9.17, 15) is 18.0 Å². The van der Waals surface area contributed by atoms with Crippen molar-refractivity contribution >= 4 is 17.4 Å². The zero-order valence-corrected chi connectivity index (χ0v) is 16.5. The van der Waals surface area contributed by atoms with E-state index < -0.39 is 11.7 Å². The molecule has 0 radical (unpaired) electrons. The third-order valence-electron chi connectivity index (χ3n) is 4.98. The Morgan fingerprint density at radius 2 is 1.86 bits per heavy atom. The monoisotopic (exact) mass is 406 g/mol. The first-order chi connectivity index (χ1) is 13.7. The Morgan fingerprint density at radius 3 is 2.45 bits per heavy atom. The zero-order valence-electron chi connectivity index (χ0n) is 16.5. The van der Waals surface area contributed by atoms with Gasteiger partial charge in [0.15, 0.2) is 0 Å². The highest BCUT2D eigenvalue weighted by Gasteiger charge is 2.31. The number of aromatic nitrogens is 1. The molecule has 5 nitrogen and oxygen atoms in total. The molecule has 156 valence electrons. The van der Waals surface area contributed by atoms with Crippen LogP contribution in [0.2, 0.25) is 0 Å². The van der Waals surface area contributed by atoms with Gasteiger partial charge in [0.2, 0.25) is 5.91 Å². The molecule has 0 saturated carbocycles. The number of alkyl halides is 3. The Morgan fingerprint density at radius 1 is 1.14 bits per heavy atom. The van der Waals surface area contributed by atoms with E-state index in [1.54, 1.807) is 0 Å². The summed E-state index contributed by atoms with van der Waals surface area (Å²) in [6.07, 6.45) is -3.52. The Hall–Kier alpha value is -2.61. The summed E-state index contributed by atoms with van der Waals surface area (Å²) in [5, 5.41) is 2.93. The highest BCUT2D eigenvalue weighted by Crippen LogP contribution is 2.29. The summed E-state index contributed by atoms with van der Waals surface area (Å²) >= 11 is 0. The second kappa shape index (κ2) is 8.82. The van der Waals surface area contributed by atoms with Crippen molar-refractivity contribution in [2.45, 2.75) is 25.9 Å². The van der Waals surface area contributed by atoms with Crippen LogP contribution in [0.15, 0.2) is 42.6 Å². The first-order valence-corrected chi connectivity index (χ1v) is 9.63. The number of hydrogen-bond acceptors (Lipinski definition) is 4. The molecule has 1 aromatic carbocycles. The number of carbonyl (C=O) groups is 1. The van der Waals surface area contributed by atoms with Gasteiger partial charge in [-0.2, -0.15) is 13.2 Å². The molecule has 1 aliphatic heterocycles. The van der Waals surface area contributed by atoms with Crippen LogP contribution in [0.3, 0.4) is 0 Å². The number of pyridine rings is 1. The first kappa shape index (κ1) is 21.1. The van der Waals surface area contributed by atoms with Gasteiger partial charge in [-0.25, -0.2) is 4.98 Å². The quantitative estimate of drug-likeness (QED) is 0.816.